The topological polar surface area (TPSA) is 25.8 Å². The molecule has 0 N–H and O–H groups in total. The van der Waals surface area contributed by atoms with E-state index in [0.717, 1.165) is 33.6 Å². The summed E-state index contributed by atoms with van der Waals surface area (Å²) in [6.07, 6.45) is 3.12. The zero-order chi connectivity index (χ0) is 27.2. The zero-order valence-corrected chi connectivity index (χ0v) is 20.0. The first kappa shape index (κ1) is 17.1. The van der Waals surface area contributed by atoms with Crippen molar-refractivity contribution in [2.45, 2.75) is 13.7 Å². The van der Waals surface area contributed by atoms with Crippen LogP contribution in [-0.4, -0.2) is 9.97 Å². The van der Waals surface area contributed by atoms with E-state index >= 15 is 0 Å². The van der Waals surface area contributed by atoms with Gasteiger partial charge in [0.1, 0.15) is 0 Å². The molecule has 0 aliphatic carbocycles. The Hall–Kier alpha value is -3.39. The second-order valence-corrected chi connectivity index (χ2v) is 7.00. The van der Waals surface area contributed by atoms with Gasteiger partial charge in [-0.25, -0.2) is 0 Å². The van der Waals surface area contributed by atoms with E-state index in [1.54, 1.807) is 42.6 Å². The fourth-order valence-corrected chi connectivity index (χ4v) is 3.11. The van der Waals surface area contributed by atoms with Crippen molar-refractivity contribution >= 4 is 0 Å². The van der Waals surface area contributed by atoms with E-state index in [0.29, 0.717) is 5.56 Å². The zero-order valence-electron chi connectivity index (χ0n) is 23.6. The number of nitrogens with zero attached hydrogens (tertiary/aromatic N) is 2. The number of aryl methyl sites for hydroxylation is 2. The average Bonchev–Trinajstić information content (AvgIpc) is 2.94. The van der Waals surface area contributed by atoms with Gasteiger partial charge in [0, 0.05) is 40.7 Å². The van der Waals surface area contributed by atoms with Gasteiger partial charge in [0.25, 0.3) is 0 Å². The minimum Gasteiger partial charge on any atom is -0.305 e. The van der Waals surface area contributed by atoms with Crippen LogP contribution in [0.5, 0.6) is 0 Å². The molecule has 0 atom stereocenters. The molecule has 0 bridgehead atoms. The molecule has 2 aromatic heterocycles. The van der Waals surface area contributed by atoms with Gasteiger partial charge in [-0.3, -0.25) is 0 Å². The second kappa shape index (κ2) is 12.0. The molecule has 0 aliphatic rings. The van der Waals surface area contributed by atoms with E-state index in [9.17, 15) is 0 Å². The van der Waals surface area contributed by atoms with Gasteiger partial charge in [0.15, 0.2) is 0 Å². The largest absolute Gasteiger partial charge is 0.305 e. The van der Waals surface area contributed by atoms with E-state index in [2.05, 4.69) is 22.1 Å². The third-order valence-electron chi connectivity index (χ3n) is 4.69. The van der Waals surface area contributed by atoms with Gasteiger partial charge < -0.3 is 9.97 Å². The van der Waals surface area contributed by atoms with Crippen molar-refractivity contribution in [1.82, 2.24) is 9.97 Å². The monoisotopic (exact) mass is 611 g/mol. The SMILES string of the molecule is [2H]C([2H])([2H])c1ccc(-c2[c-]cccc2)nc1.[2H]C([2H])([2H])c1cccc(-c2ccnc(-c3[c-]cccc3)c2)c1.[Ir]. The number of benzene rings is 3. The van der Waals surface area contributed by atoms with Gasteiger partial charge in [-0.15, -0.1) is 71.8 Å². The molecule has 5 rings (SSSR count). The van der Waals surface area contributed by atoms with Crippen molar-refractivity contribution in [1.29, 1.82) is 0 Å². The van der Waals surface area contributed by atoms with Crippen LogP contribution < -0.4 is 0 Å². The van der Waals surface area contributed by atoms with Crippen LogP contribution in [0.4, 0.5) is 0 Å². The Balaban J connectivity index is 0.000000220. The number of hydrogen-bond donors (Lipinski definition) is 0. The van der Waals surface area contributed by atoms with Crippen LogP contribution in [0.2, 0.25) is 0 Å². The first-order valence-electron chi connectivity index (χ1n) is 13.1. The van der Waals surface area contributed by atoms with Crippen LogP contribution in [0.3, 0.4) is 0 Å². The Bertz CT molecular complexity index is 1470. The molecule has 165 valence electrons. The quantitative estimate of drug-likeness (QED) is 0.199. The van der Waals surface area contributed by atoms with Gasteiger partial charge in [-0.2, -0.15) is 0 Å². The van der Waals surface area contributed by atoms with Crippen molar-refractivity contribution in [2.24, 2.45) is 0 Å². The van der Waals surface area contributed by atoms with Crippen LogP contribution in [0.1, 0.15) is 19.4 Å². The summed E-state index contributed by atoms with van der Waals surface area (Å²) in [6, 6.07) is 35.4. The predicted octanol–water partition coefficient (Wildman–Crippen LogP) is 7.38. The first-order chi connectivity index (χ1) is 18.1. The number of aromatic nitrogens is 2. The molecule has 1 radical (unpaired) electrons. The van der Waals surface area contributed by atoms with Crippen LogP contribution >= 0.6 is 0 Å². The molecule has 5 aromatic rings. The van der Waals surface area contributed by atoms with E-state index in [-0.39, 0.29) is 25.7 Å². The third kappa shape index (κ3) is 6.79. The standard InChI is InChI=1S/C18H14N.C12H10N.Ir/c1-14-6-5-9-16(12-14)17-10-11-19-18(13-17)15-7-3-2-4-8-15;1-10-7-8-12(13-9-10)11-5-3-2-4-6-11;/h2-7,9-13H,1H3;2-5,7-9H,1H3;/q2*-1;/i2*1D3;. The Labute approximate surface area is 218 Å². The van der Waals surface area contributed by atoms with E-state index in [1.807, 2.05) is 60.7 Å². The van der Waals surface area contributed by atoms with Crippen LogP contribution in [0.15, 0.2) is 109 Å². The molecule has 3 aromatic carbocycles. The maximum absolute atomic E-state index is 7.52. The summed E-state index contributed by atoms with van der Waals surface area (Å²) in [5.41, 5.74) is 5.73. The average molecular weight is 611 g/mol. The van der Waals surface area contributed by atoms with E-state index < -0.39 is 13.7 Å². The summed E-state index contributed by atoms with van der Waals surface area (Å²) in [6.45, 7) is -4.19. The van der Waals surface area contributed by atoms with E-state index in [4.69, 9.17) is 8.22 Å². The Morgan fingerprint density at radius 3 is 2.00 bits per heavy atom. The molecular weight excluding hydrogens is 581 g/mol. The molecule has 0 fully saturated rings. The van der Waals surface area contributed by atoms with Gasteiger partial charge in [0.05, 0.1) is 0 Å². The minimum atomic E-state index is -2.10. The van der Waals surface area contributed by atoms with Crippen LogP contribution in [0, 0.1) is 25.8 Å². The predicted molar refractivity (Wildman–Crippen MR) is 132 cm³/mol. The van der Waals surface area contributed by atoms with Crippen molar-refractivity contribution in [3.8, 4) is 33.6 Å². The first-order valence-corrected chi connectivity index (χ1v) is 10.1. The van der Waals surface area contributed by atoms with Crippen LogP contribution in [0.25, 0.3) is 33.6 Å². The number of pyridine rings is 2. The molecule has 2 heterocycles. The summed E-state index contributed by atoms with van der Waals surface area (Å²) >= 11 is 0. The number of rotatable bonds is 3. The van der Waals surface area contributed by atoms with Crippen molar-refractivity contribution in [3.05, 3.63) is 133 Å². The summed E-state index contributed by atoms with van der Waals surface area (Å²) in [5.74, 6) is 0. The van der Waals surface area contributed by atoms with Gasteiger partial charge in [-0.1, -0.05) is 48.0 Å². The van der Waals surface area contributed by atoms with Crippen molar-refractivity contribution in [2.75, 3.05) is 0 Å². The second-order valence-electron chi connectivity index (χ2n) is 7.00. The molecule has 0 aliphatic heterocycles. The Morgan fingerprint density at radius 1 is 0.636 bits per heavy atom. The summed E-state index contributed by atoms with van der Waals surface area (Å²) in [5, 5.41) is 0. The fourth-order valence-electron chi connectivity index (χ4n) is 3.11. The van der Waals surface area contributed by atoms with Gasteiger partial charge in [-0.05, 0) is 47.8 Å². The molecule has 0 unspecified atom stereocenters. The number of hydrogen-bond acceptors (Lipinski definition) is 2. The molecule has 0 saturated heterocycles. The normalized spacial score (nSPS) is 13.3. The molecular formula is C30H24IrN2-2. The summed E-state index contributed by atoms with van der Waals surface area (Å²) < 4.78 is 44.3. The van der Waals surface area contributed by atoms with Crippen molar-refractivity contribution < 1.29 is 28.3 Å². The minimum absolute atomic E-state index is 0. The Kier molecular flexibility index (Phi) is 6.24. The molecule has 0 spiro atoms. The summed E-state index contributed by atoms with van der Waals surface area (Å²) in [4.78, 5) is 8.49. The summed E-state index contributed by atoms with van der Waals surface area (Å²) in [7, 11) is 0. The molecule has 0 saturated carbocycles. The molecule has 3 heteroatoms. The smallest absolute Gasteiger partial charge is 0.0280 e. The Morgan fingerprint density at radius 2 is 1.36 bits per heavy atom. The van der Waals surface area contributed by atoms with Crippen molar-refractivity contribution in [3.63, 3.8) is 0 Å². The third-order valence-corrected chi connectivity index (χ3v) is 4.69. The molecule has 2 nitrogen and oxygen atoms in total. The van der Waals surface area contributed by atoms with E-state index in [1.165, 1.54) is 6.20 Å². The maximum Gasteiger partial charge on any atom is 0.0280 e. The fraction of sp³-hybridized carbons (Fsp3) is 0.0667. The van der Waals surface area contributed by atoms with Gasteiger partial charge in [0.2, 0.25) is 0 Å². The molecule has 0 amide bonds. The van der Waals surface area contributed by atoms with Gasteiger partial charge >= 0.3 is 0 Å². The molecule has 33 heavy (non-hydrogen) atoms. The maximum atomic E-state index is 7.52. The van der Waals surface area contributed by atoms with Crippen LogP contribution in [-0.2, 0) is 20.1 Å².